The number of aliphatic hydroxyl groups is 1. The van der Waals surface area contributed by atoms with Crippen LogP contribution in [-0.2, 0) is 6.42 Å². The number of hydrogen-bond donors (Lipinski definition) is 2. The van der Waals surface area contributed by atoms with E-state index in [1.54, 1.807) is 13.0 Å². The highest BCUT2D eigenvalue weighted by molar-refractivity contribution is 5.75. The largest absolute Gasteiger partial charge is 0.392 e. The van der Waals surface area contributed by atoms with Gasteiger partial charge in [-0.2, -0.15) is 0 Å². The first-order valence-corrected chi connectivity index (χ1v) is 9.61. The Balaban J connectivity index is 1.66. The van der Waals surface area contributed by atoms with Gasteiger partial charge in [-0.1, -0.05) is 19.1 Å². The van der Waals surface area contributed by atoms with E-state index in [-0.39, 0.29) is 36.0 Å². The summed E-state index contributed by atoms with van der Waals surface area (Å²) in [7, 11) is 0. The lowest BCUT2D eigenvalue weighted by molar-refractivity contribution is 0.0556. The molecule has 0 saturated carbocycles. The number of fused-ring (bicyclic) bond motifs is 1. The van der Waals surface area contributed by atoms with Gasteiger partial charge in [0.05, 0.1) is 12.1 Å². The van der Waals surface area contributed by atoms with Crippen molar-refractivity contribution in [2.45, 2.75) is 51.8 Å². The van der Waals surface area contributed by atoms with E-state index in [1.807, 2.05) is 11.0 Å². The van der Waals surface area contributed by atoms with E-state index >= 15 is 0 Å². The smallest absolute Gasteiger partial charge is 0.317 e. The first-order chi connectivity index (χ1) is 12.4. The number of β-amino-alcohol motifs (C(OH)–C–C–N with tert-alkyl or cyclic N) is 1. The van der Waals surface area contributed by atoms with Crippen LogP contribution in [0.15, 0.2) is 18.2 Å². The molecule has 0 radical (unpaired) electrons. The van der Waals surface area contributed by atoms with Gasteiger partial charge in [-0.05, 0) is 49.8 Å². The Morgan fingerprint density at radius 1 is 1.38 bits per heavy atom. The predicted molar refractivity (Wildman–Crippen MR) is 99.4 cm³/mol. The Morgan fingerprint density at radius 2 is 2.15 bits per heavy atom. The second-order valence-electron chi connectivity index (χ2n) is 7.89. The molecule has 1 aliphatic heterocycles. The van der Waals surface area contributed by atoms with Gasteiger partial charge in [-0.15, -0.1) is 0 Å². The molecule has 0 spiro atoms. The summed E-state index contributed by atoms with van der Waals surface area (Å²) in [6, 6.07) is 5.13. The summed E-state index contributed by atoms with van der Waals surface area (Å²) in [5.41, 5.74) is 1.66. The second kappa shape index (κ2) is 7.92. The molecule has 1 aromatic carbocycles. The highest BCUT2D eigenvalue weighted by Crippen LogP contribution is 2.35. The monoisotopic (exact) mass is 363 g/mol. The Morgan fingerprint density at radius 3 is 2.85 bits per heavy atom. The Bertz CT molecular complexity index is 652. The minimum absolute atomic E-state index is 0.0810. The number of amides is 2. The van der Waals surface area contributed by atoms with Gasteiger partial charge in [0.25, 0.3) is 0 Å². The molecule has 1 saturated heterocycles. The molecule has 0 unspecified atom stereocenters. The molecule has 2 aliphatic rings. The molecule has 2 N–H and O–H groups in total. The Hall–Kier alpha value is -1.66. The molecule has 2 amide bonds. The third-order valence-electron chi connectivity index (χ3n) is 5.74. The number of urea groups is 1. The van der Waals surface area contributed by atoms with Crippen LogP contribution in [0.5, 0.6) is 0 Å². The molecule has 0 bridgehead atoms. The minimum atomic E-state index is -0.368. The minimum Gasteiger partial charge on any atom is -0.392 e. The molecule has 1 fully saturated rings. The summed E-state index contributed by atoms with van der Waals surface area (Å²) in [6.07, 6.45) is 1.23. The van der Waals surface area contributed by atoms with Crippen LogP contribution in [0.1, 0.15) is 44.4 Å². The molecule has 144 valence electrons. The lowest BCUT2D eigenvalue weighted by Gasteiger charge is -2.41. The van der Waals surface area contributed by atoms with Crippen LogP contribution in [0.3, 0.4) is 0 Å². The van der Waals surface area contributed by atoms with Crippen LogP contribution in [0, 0.1) is 11.7 Å². The number of benzene rings is 1. The first kappa shape index (κ1) is 19.1. The SMILES string of the molecule is C[C@H](O)CN1CCN(C(=O)N[C@@H]2c3cccc(F)c3CC[C@@H]2C)C[C@H]1C. The van der Waals surface area contributed by atoms with Gasteiger partial charge in [0.15, 0.2) is 0 Å². The topological polar surface area (TPSA) is 55.8 Å². The average molecular weight is 363 g/mol. The molecule has 1 aromatic rings. The highest BCUT2D eigenvalue weighted by Gasteiger charge is 2.32. The number of hydrogen-bond acceptors (Lipinski definition) is 3. The fourth-order valence-electron chi connectivity index (χ4n) is 4.21. The van der Waals surface area contributed by atoms with Crippen molar-refractivity contribution in [3.05, 3.63) is 35.1 Å². The van der Waals surface area contributed by atoms with Crippen molar-refractivity contribution >= 4 is 6.03 Å². The molecule has 3 rings (SSSR count). The lowest BCUT2D eigenvalue weighted by atomic mass is 9.80. The van der Waals surface area contributed by atoms with Gasteiger partial charge in [0.1, 0.15) is 5.82 Å². The van der Waals surface area contributed by atoms with Crippen molar-refractivity contribution in [3.63, 3.8) is 0 Å². The van der Waals surface area contributed by atoms with Crippen molar-refractivity contribution in [2.75, 3.05) is 26.2 Å². The number of piperazine rings is 1. The fraction of sp³-hybridized carbons (Fsp3) is 0.650. The second-order valence-corrected chi connectivity index (χ2v) is 7.89. The highest BCUT2D eigenvalue weighted by atomic mass is 19.1. The zero-order valence-electron chi connectivity index (χ0n) is 15.9. The van der Waals surface area contributed by atoms with E-state index in [0.29, 0.717) is 19.6 Å². The number of rotatable bonds is 3. The van der Waals surface area contributed by atoms with E-state index < -0.39 is 0 Å². The third kappa shape index (κ3) is 4.01. The number of nitrogens with zero attached hydrogens (tertiary/aromatic N) is 2. The summed E-state index contributed by atoms with van der Waals surface area (Å²) >= 11 is 0. The zero-order chi connectivity index (χ0) is 18.8. The van der Waals surface area contributed by atoms with Gasteiger partial charge in [0.2, 0.25) is 0 Å². The van der Waals surface area contributed by atoms with Crippen molar-refractivity contribution in [2.24, 2.45) is 5.92 Å². The fourth-order valence-corrected chi connectivity index (χ4v) is 4.21. The molecule has 26 heavy (non-hydrogen) atoms. The van der Waals surface area contributed by atoms with Gasteiger partial charge in [0, 0.05) is 32.2 Å². The van der Waals surface area contributed by atoms with Gasteiger partial charge in [-0.25, -0.2) is 9.18 Å². The Kier molecular flexibility index (Phi) is 5.82. The number of carbonyl (C=O) groups is 1. The maximum Gasteiger partial charge on any atom is 0.317 e. The third-order valence-corrected chi connectivity index (χ3v) is 5.74. The molecular weight excluding hydrogens is 333 g/mol. The summed E-state index contributed by atoms with van der Waals surface area (Å²) in [5.74, 6) is 0.108. The average Bonchev–Trinajstić information content (AvgIpc) is 2.59. The molecule has 4 atom stereocenters. The number of aliphatic hydroxyl groups excluding tert-OH is 1. The number of nitrogens with one attached hydrogen (secondary N) is 1. The lowest BCUT2D eigenvalue weighted by Crippen LogP contribution is -2.57. The molecular formula is C20H30FN3O2. The molecule has 5 nitrogen and oxygen atoms in total. The van der Waals surface area contributed by atoms with E-state index in [1.165, 1.54) is 6.07 Å². The summed E-state index contributed by atoms with van der Waals surface area (Å²) in [4.78, 5) is 16.9. The molecule has 6 heteroatoms. The maximum absolute atomic E-state index is 14.1. The Labute approximate surface area is 155 Å². The molecule has 1 heterocycles. The van der Waals surface area contributed by atoms with Gasteiger partial charge in [-0.3, -0.25) is 4.90 Å². The standard InChI is InChI=1S/C20H30FN3O2/c1-13-7-8-16-17(5-4-6-18(16)21)19(13)22-20(26)24-10-9-23(12-15(3)25)14(2)11-24/h4-6,13-15,19,25H,7-12H2,1-3H3,(H,22,26)/t13-,14+,15-,19-/m0/s1. The normalized spacial score (nSPS) is 27.7. The van der Waals surface area contributed by atoms with Crippen LogP contribution in [0.4, 0.5) is 9.18 Å². The summed E-state index contributed by atoms with van der Waals surface area (Å²) in [5, 5.41) is 12.7. The number of halogens is 1. The van der Waals surface area contributed by atoms with Crippen LogP contribution < -0.4 is 5.32 Å². The summed E-state index contributed by atoms with van der Waals surface area (Å²) in [6.45, 7) is 8.63. The van der Waals surface area contributed by atoms with Crippen LogP contribution in [0.2, 0.25) is 0 Å². The predicted octanol–water partition coefficient (Wildman–Crippen LogP) is 2.55. The number of carbonyl (C=O) groups excluding carboxylic acids is 1. The molecule has 0 aromatic heterocycles. The quantitative estimate of drug-likeness (QED) is 0.868. The van der Waals surface area contributed by atoms with Gasteiger partial charge >= 0.3 is 6.03 Å². The van der Waals surface area contributed by atoms with Crippen molar-refractivity contribution in [1.82, 2.24) is 15.1 Å². The van der Waals surface area contributed by atoms with E-state index in [9.17, 15) is 14.3 Å². The van der Waals surface area contributed by atoms with Gasteiger partial charge < -0.3 is 15.3 Å². The first-order valence-electron chi connectivity index (χ1n) is 9.61. The van der Waals surface area contributed by atoms with E-state index in [2.05, 4.69) is 24.1 Å². The van der Waals surface area contributed by atoms with E-state index in [4.69, 9.17) is 0 Å². The van der Waals surface area contributed by atoms with Crippen LogP contribution >= 0.6 is 0 Å². The molecule has 1 aliphatic carbocycles. The summed E-state index contributed by atoms with van der Waals surface area (Å²) < 4.78 is 14.1. The zero-order valence-corrected chi connectivity index (χ0v) is 15.9. The van der Waals surface area contributed by atoms with Crippen molar-refractivity contribution in [3.8, 4) is 0 Å². The van der Waals surface area contributed by atoms with Crippen LogP contribution in [0.25, 0.3) is 0 Å². The van der Waals surface area contributed by atoms with Crippen molar-refractivity contribution in [1.29, 1.82) is 0 Å². The van der Waals surface area contributed by atoms with E-state index in [0.717, 1.165) is 30.5 Å². The van der Waals surface area contributed by atoms with Crippen molar-refractivity contribution < 1.29 is 14.3 Å². The van der Waals surface area contributed by atoms with Crippen LogP contribution in [-0.4, -0.2) is 59.3 Å². The maximum atomic E-state index is 14.1.